The van der Waals surface area contributed by atoms with Gasteiger partial charge in [-0.05, 0) is 54.5 Å². The maximum atomic E-state index is 13.7. The first kappa shape index (κ1) is 52.8. The molecule has 8 atom stereocenters. The molecular formula is C47H60N8O14. The first-order chi connectivity index (χ1) is 32.8. The predicted molar refractivity (Wildman–Crippen MR) is 248 cm³/mol. The molecule has 0 spiro atoms. The van der Waals surface area contributed by atoms with E-state index in [1.54, 1.807) is 38.3 Å². The number of para-hydroxylation sites is 1. The van der Waals surface area contributed by atoms with Crippen LogP contribution in [0.3, 0.4) is 0 Å². The minimum atomic E-state index is -2.27. The van der Waals surface area contributed by atoms with Gasteiger partial charge >= 0.3 is 5.97 Å². The smallest absolute Gasteiger partial charge is 0.352 e. The highest BCUT2D eigenvalue weighted by molar-refractivity contribution is 5.99. The van der Waals surface area contributed by atoms with Gasteiger partial charge in [-0.3, -0.25) is 33.6 Å². The van der Waals surface area contributed by atoms with Gasteiger partial charge < -0.3 is 72.1 Å². The van der Waals surface area contributed by atoms with Crippen LogP contribution < -0.4 is 36.6 Å². The molecule has 3 aromatic rings. The summed E-state index contributed by atoms with van der Waals surface area (Å²) in [4.78, 5) is 109. The van der Waals surface area contributed by atoms with Crippen LogP contribution in [0.1, 0.15) is 67.1 Å². The molecule has 1 fully saturated rings. The molecule has 0 radical (unpaired) electrons. The number of unbranched alkanes of at least 4 members (excludes halogenated alkanes) is 2. The summed E-state index contributed by atoms with van der Waals surface area (Å²) in [5.41, 5.74) is 1.19. The van der Waals surface area contributed by atoms with Crippen LogP contribution in [0.15, 0.2) is 66.4 Å². The highest BCUT2D eigenvalue weighted by Crippen LogP contribution is 2.25. The zero-order chi connectivity index (χ0) is 50.4. The molecule has 22 nitrogen and oxygen atoms in total. The van der Waals surface area contributed by atoms with E-state index in [0.717, 1.165) is 28.7 Å². The summed E-state index contributed by atoms with van der Waals surface area (Å²) in [6, 6.07) is 9.44. The van der Waals surface area contributed by atoms with E-state index in [1.165, 1.54) is 7.05 Å². The van der Waals surface area contributed by atoms with Gasteiger partial charge in [0, 0.05) is 42.7 Å². The van der Waals surface area contributed by atoms with Crippen molar-refractivity contribution in [3.63, 3.8) is 0 Å². The Bertz CT molecular complexity index is 2420. The average molecular weight is 961 g/mol. The number of allylic oxidation sites excluding steroid dienone is 1. The van der Waals surface area contributed by atoms with Gasteiger partial charge in [0.05, 0.1) is 57.3 Å². The lowest BCUT2D eigenvalue weighted by Crippen LogP contribution is -2.60. The lowest BCUT2D eigenvalue weighted by Gasteiger charge is -2.33. The van der Waals surface area contributed by atoms with Gasteiger partial charge in [0.25, 0.3) is 5.91 Å². The van der Waals surface area contributed by atoms with Crippen molar-refractivity contribution in [1.29, 1.82) is 0 Å². The number of hydrogen-bond donors (Lipinski definition) is 12. The molecule has 0 saturated carbocycles. The zero-order valence-corrected chi connectivity index (χ0v) is 38.4. The molecule has 0 bridgehead atoms. The Morgan fingerprint density at radius 1 is 0.870 bits per heavy atom. The number of nitrogens with zero attached hydrogens (tertiary/aromatic N) is 1. The fourth-order valence-electron chi connectivity index (χ4n) is 7.91. The van der Waals surface area contributed by atoms with Gasteiger partial charge in [0.1, 0.15) is 23.6 Å². The van der Waals surface area contributed by atoms with Crippen molar-refractivity contribution in [1.82, 2.24) is 41.8 Å². The third-order valence-electron chi connectivity index (χ3n) is 11.8. The summed E-state index contributed by atoms with van der Waals surface area (Å²) in [7, 11) is 2.81. The second-order valence-corrected chi connectivity index (χ2v) is 17.1. The molecule has 0 unspecified atom stereocenters. The van der Waals surface area contributed by atoms with Crippen molar-refractivity contribution in [3.8, 4) is 5.75 Å². The number of aliphatic hydroxyl groups is 4. The molecule has 0 aliphatic carbocycles. The largest absolute Gasteiger partial charge is 0.497 e. The van der Waals surface area contributed by atoms with Crippen LogP contribution in [-0.4, -0.2) is 159 Å². The van der Waals surface area contributed by atoms with Gasteiger partial charge in [0.2, 0.25) is 35.4 Å². The number of amides is 7. The van der Waals surface area contributed by atoms with Crippen molar-refractivity contribution in [2.75, 3.05) is 33.8 Å². The fourth-order valence-corrected chi connectivity index (χ4v) is 7.91. The maximum absolute atomic E-state index is 13.7. The third kappa shape index (κ3) is 14.9. The number of rotatable bonds is 13. The number of aromatic amines is 1. The maximum Gasteiger partial charge on any atom is 0.352 e. The van der Waals surface area contributed by atoms with Crippen LogP contribution in [0, 0.1) is 5.92 Å². The molecule has 2 aliphatic heterocycles. The van der Waals surface area contributed by atoms with E-state index in [-0.39, 0.29) is 23.4 Å². The first-order valence-corrected chi connectivity index (χ1v) is 22.4. The predicted octanol–water partition coefficient (Wildman–Crippen LogP) is -1.28. The third-order valence-corrected chi connectivity index (χ3v) is 11.8. The Hall–Kier alpha value is -7.14. The van der Waals surface area contributed by atoms with Crippen LogP contribution in [-0.2, 0) is 40.0 Å². The Kier molecular flexibility index (Phi) is 19.0. The van der Waals surface area contributed by atoms with Crippen LogP contribution in [0.25, 0.3) is 17.0 Å². The Labute approximate surface area is 396 Å². The zero-order valence-electron chi connectivity index (χ0n) is 38.4. The number of carboxylic acid groups (broad SMARTS) is 1. The minimum absolute atomic E-state index is 0.136. The average Bonchev–Trinajstić information content (AvgIpc) is 3.87. The van der Waals surface area contributed by atoms with Gasteiger partial charge in [0.15, 0.2) is 6.10 Å². The van der Waals surface area contributed by atoms with Crippen molar-refractivity contribution in [3.05, 3.63) is 83.2 Å². The van der Waals surface area contributed by atoms with E-state index < -0.39 is 128 Å². The molecule has 2 aliphatic rings. The molecule has 1 aromatic heterocycles. The molecule has 5 rings (SSSR count). The fraction of sp³-hybridized carbons (Fsp3) is 0.447. The molecule has 3 heterocycles. The van der Waals surface area contributed by atoms with E-state index in [2.05, 4.69) is 36.9 Å². The first-order valence-electron chi connectivity index (χ1n) is 22.4. The summed E-state index contributed by atoms with van der Waals surface area (Å²) in [5.74, 6) is -7.57. The molecule has 22 heteroatoms. The number of carboxylic acids is 1. The number of carbonyl (C=O) groups is 8. The number of benzene rings is 2. The molecule has 12 N–H and O–H groups in total. The van der Waals surface area contributed by atoms with Gasteiger partial charge in [-0.1, -0.05) is 55.8 Å². The summed E-state index contributed by atoms with van der Waals surface area (Å²) < 4.78 is 5.18. The van der Waals surface area contributed by atoms with E-state index >= 15 is 0 Å². The number of fused-ring (bicyclic) bond motifs is 2. The highest BCUT2D eigenvalue weighted by Gasteiger charge is 2.41. The number of ether oxygens (including phenoxy) is 1. The Morgan fingerprint density at radius 3 is 2.30 bits per heavy atom. The summed E-state index contributed by atoms with van der Waals surface area (Å²) >= 11 is 0. The SMILES string of the molecule is COc1ccc(/C=C/CCCC[C@H](C)[C@H](O)[C@@H](O)[C@H]2NC(=O)C[C@@H](O)CNC(=O)CNC(=O)[C@@H](Cc3c(C(=O)O)[nH]c4ccccc34)NC(=O)CN(C)C(=O)C=C3NC(=O)C[C@H]3NC(=O)[C@H]2O)cc1. The van der Waals surface area contributed by atoms with Crippen molar-refractivity contribution >= 4 is 64.3 Å². The Balaban J connectivity index is 1.32. The van der Waals surface area contributed by atoms with Crippen molar-refractivity contribution in [2.45, 2.75) is 94.4 Å². The second kappa shape index (κ2) is 24.8. The molecule has 2 aromatic carbocycles. The second-order valence-electron chi connectivity index (χ2n) is 17.1. The monoisotopic (exact) mass is 960 g/mol. The van der Waals surface area contributed by atoms with E-state index in [4.69, 9.17) is 4.74 Å². The number of nitrogens with one attached hydrogen (secondary N) is 7. The quantitative estimate of drug-likeness (QED) is 0.0889. The van der Waals surface area contributed by atoms with Crippen LogP contribution >= 0.6 is 0 Å². The lowest BCUT2D eigenvalue weighted by molar-refractivity contribution is -0.139. The summed E-state index contributed by atoms with van der Waals surface area (Å²) in [6.45, 7) is -0.264. The molecule has 7 amide bonds. The normalized spacial score (nSPS) is 23.1. The van der Waals surface area contributed by atoms with Crippen LogP contribution in [0.4, 0.5) is 0 Å². The Morgan fingerprint density at radius 2 is 1.59 bits per heavy atom. The number of H-pyrrole nitrogens is 1. The number of aliphatic hydroxyl groups excluding tert-OH is 4. The van der Waals surface area contributed by atoms with Gasteiger partial charge in [-0.15, -0.1) is 0 Å². The standard InChI is InChI=1S/C47H60N8O14/c1-25(10-6-4-5-7-11-26-14-16-28(69-3)17-15-26)42(62)43(63)41-44(64)46(66)53-32-20-36(58)50-33(32)21-39(61)55(2)24-38(60)51-34(19-30-29-12-8-9-13-31(29)52-40(30)47(67)68)45(65)49-23-37(59)48-22-27(56)18-35(57)54-41/h7-9,11-17,21,25,27,32,34,41-44,52,56,62-64H,4-6,10,18-20,22-24H2,1-3H3,(H,48,59)(H,49,65)(H,50,58)(H,51,60)(H,53,66)(H,54,57)(H,67,68)/b11-7+,33-21?/t25-,27+,32+,34+,41+,42-,43-,44-/m0/s1. The number of hydrogen-bond acceptors (Lipinski definition) is 13. The topological polar surface area (TPSA) is 338 Å². The number of likely N-dealkylation sites (N-methyl/N-ethyl adjacent to an activating group) is 1. The minimum Gasteiger partial charge on any atom is -0.497 e. The summed E-state index contributed by atoms with van der Waals surface area (Å²) in [5, 5.41) is 69.6. The molecule has 1 saturated heterocycles. The number of carbonyl (C=O) groups excluding carboxylic acids is 7. The molecule has 372 valence electrons. The number of methoxy groups -OCH3 is 1. The number of β-amino-alcohol motifs (C(OH)–C–C–N with tert-alkyl or cyclic N) is 1. The number of aromatic carboxylic acids is 1. The lowest BCUT2D eigenvalue weighted by atomic mass is 9.88. The summed E-state index contributed by atoms with van der Waals surface area (Å²) in [6.07, 6.45) is -1.58. The van der Waals surface area contributed by atoms with Crippen molar-refractivity contribution in [2.24, 2.45) is 5.92 Å². The van der Waals surface area contributed by atoms with Gasteiger partial charge in [-0.25, -0.2) is 4.79 Å². The molecular weight excluding hydrogens is 901 g/mol. The van der Waals surface area contributed by atoms with Crippen LogP contribution in [0.2, 0.25) is 0 Å². The van der Waals surface area contributed by atoms with E-state index in [9.17, 15) is 63.9 Å². The number of aromatic nitrogens is 1. The highest BCUT2D eigenvalue weighted by atomic mass is 16.5. The van der Waals surface area contributed by atoms with Crippen molar-refractivity contribution < 1.29 is 68.6 Å². The molecule has 69 heavy (non-hydrogen) atoms. The van der Waals surface area contributed by atoms with Gasteiger partial charge in [-0.2, -0.15) is 0 Å². The van der Waals surface area contributed by atoms with E-state index in [1.807, 2.05) is 36.4 Å². The van der Waals surface area contributed by atoms with E-state index in [0.29, 0.717) is 30.2 Å². The van der Waals surface area contributed by atoms with Crippen LogP contribution in [0.5, 0.6) is 5.75 Å².